The Morgan fingerprint density at radius 3 is 2.81 bits per heavy atom. The number of fused-ring (bicyclic) bond motifs is 1. The first-order valence-corrected chi connectivity index (χ1v) is 7.08. The van der Waals surface area contributed by atoms with Crippen molar-refractivity contribution in [3.05, 3.63) is 58.6 Å². The molecule has 3 aromatic rings. The Balaban J connectivity index is 2.18. The summed E-state index contributed by atoms with van der Waals surface area (Å²) in [5.74, 6) is 1.04. The maximum Gasteiger partial charge on any atom is 0.251 e. The number of aromatic amines is 1. The first-order chi connectivity index (χ1) is 10.1. The van der Waals surface area contributed by atoms with Crippen LogP contribution in [0.5, 0.6) is 0 Å². The van der Waals surface area contributed by atoms with Crippen molar-refractivity contribution in [2.75, 3.05) is 0 Å². The van der Waals surface area contributed by atoms with E-state index in [1.54, 1.807) is 12.3 Å². The Morgan fingerprint density at radius 1 is 1.19 bits per heavy atom. The summed E-state index contributed by atoms with van der Waals surface area (Å²) >= 11 is 0. The predicted molar refractivity (Wildman–Crippen MR) is 84.1 cm³/mol. The molecule has 2 heterocycles. The molecule has 0 amide bonds. The summed E-state index contributed by atoms with van der Waals surface area (Å²) in [7, 11) is 0. The highest BCUT2D eigenvalue weighted by molar-refractivity contribution is 5.91. The van der Waals surface area contributed by atoms with Crippen LogP contribution in [0, 0.1) is 5.92 Å². The smallest absolute Gasteiger partial charge is 0.251 e. The van der Waals surface area contributed by atoms with Crippen LogP contribution in [0.2, 0.25) is 0 Å². The van der Waals surface area contributed by atoms with Gasteiger partial charge in [-0.15, -0.1) is 0 Å². The predicted octanol–water partition coefficient (Wildman–Crippen LogP) is 3.18. The van der Waals surface area contributed by atoms with Gasteiger partial charge in [-0.05, 0) is 24.5 Å². The number of hydrogen-bond acceptors (Lipinski definition) is 3. The zero-order valence-electron chi connectivity index (χ0n) is 12.1. The lowest BCUT2D eigenvalue weighted by molar-refractivity contribution is 0.634. The van der Waals surface area contributed by atoms with Crippen molar-refractivity contribution >= 4 is 10.9 Å². The number of benzene rings is 1. The standard InChI is InChI=1S/C17H17N3O/c1-11(2)9-13-10-15(21)20-17(19-13)14-7-3-5-12-6-4-8-18-16(12)14/h3-8,10-11H,9H2,1-2H3,(H,19,20,21). The van der Waals surface area contributed by atoms with Crippen molar-refractivity contribution in [2.45, 2.75) is 20.3 Å². The van der Waals surface area contributed by atoms with Crippen molar-refractivity contribution < 1.29 is 0 Å². The Hall–Kier alpha value is -2.49. The minimum Gasteiger partial charge on any atom is -0.306 e. The molecule has 0 spiro atoms. The summed E-state index contributed by atoms with van der Waals surface area (Å²) in [6.07, 6.45) is 2.54. The van der Waals surface area contributed by atoms with Gasteiger partial charge in [0.15, 0.2) is 0 Å². The first kappa shape index (κ1) is 13.5. The number of H-pyrrole nitrogens is 1. The van der Waals surface area contributed by atoms with Crippen LogP contribution in [0.25, 0.3) is 22.3 Å². The number of para-hydroxylation sites is 1. The summed E-state index contributed by atoms with van der Waals surface area (Å²) < 4.78 is 0. The molecular formula is C17H17N3O. The largest absolute Gasteiger partial charge is 0.306 e. The van der Waals surface area contributed by atoms with Gasteiger partial charge in [0.05, 0.1) is 5.52 Å². The van der Waals surface area contributed by atoms with E-state index in [1.165, 1.54) is 0 Å². The molecule has 0 aliphatic heterocycles. The average molecular weight is 279 g/mol. The van der Waals surface area contributed by atoms with E-state index in [4.69, 9.17) is 0 Å². The zero-order valence-corrected chi connectivity index (χ0v) is 12.1. The van der Waals surface area contributed by atoms with Gasteiger partial charge < -0.3 is 4.98 Å². The van der Waals surface area contributed by atoms with E-state index in [9.17, 15) is 4.79 Å². The van der Waals surface area contributed by atoms with E-state index in [-0.39, 0.29) is 5.56 Å². The molecular weight excluding hydrogens is 262 g/mol. The van der Waals surface area contributed by atoms with Gasteiger partial charge in [-0.3, -0.25) is 9.78 Å². The fraction of sp³-hybridized carbons (Fsp3) is 0.235. The quantitative estimate of drug-likeness (QED) is 0.801. The average Bonchev–Trinajstić information content (AvgIpc) is 2.45. The highest BCUT2D eigenvalue weighted by Crippen LogP contribution is 2.23. The third kappa shape index (κ3) is 2.84. The summed E-state index contributed by atoms with van der Waals surface area (Å²) in [6.45, 7) is 4.23. The Morgan fingerprint density at radius 2 is 2.00 bits per heavy atom. The maximum absolute atomic E-state index is 11.9. The lowest BCUT2D eigenvalue weighted by Crippen LogP contribution is -2.12. The van der Waals surface area contributed by atoms with E-state index in [1.807, 2.05) is 30.3 Å². The van der Waals surface area contributed by atoms with Crippen molar-refractivity contribution in [3.63, 3.8) is 0 Å². The molecule has 0 unspecified atom stereocenters. The van der Waals surface area contributed by atoms with Crippen LogP contribution in [0.4, 0.5) is 0 Å². The lowest BCUT2D eigenvalue weighted by Gasteiger charge is -2.08. The molecule has 0 aliphatic carbocycles. The van der Waals surface area contributed by atoms with Gasteiger partial charge in [0.25, 0.3) is 5.56 Å². The third-order valence-corrected chi connectivity index (χ3v) is 3.30. The van der Waals surface area contributed by atoms with Crippen LogP contribution < -0.4 is 5.56 Å². The second-order valence-corrected chi connectivity index (χ2v) is 5.56. The van der Waals surface area contributed by atoms with Gasteiger partial charge in [0.1, 0.15) is 5.82 Å². The van der Waals surface area contributed by atoms with Crippen molar-refractivity contribution in [1.29, 1.82) is 0 Å². The highest BCUT2D eigenvalue weighted by atomic mass is 16.1. The zero-order chi connectivity index (χ0) is 14.8. The van der Waals surface area contributed by atoms with Crippen LogP contribution in [0.3, 0.4) is 0 Å². The topological polar surface area (TPSA) is 58.6 Å². The minimum atomic E-state index is -0.122. The number of rotatable bonds is 3. The number of pyridine rings is 1. The third-order valence-electron chi connectivity index (χ3n) is 3.30. The monoisotopic (exact) mass is 279 g/mol. The Labute approximate surface area is 122 Å². The lowest BCUT2D eigenvalue weighted by atomic mass is 10.1. The van der Waals surface area contributed by atoms with E-state index in [0.717, 1.165) is 28.6 Å². The Bertz CT molecular complexity index is 831. The van der Waals surface area contributed by atoms with Crippen molar-refractivity contribution in [2.24, 2.45) is 5.92 Å². The van der Waals surface area contributed by atoms with E-state index in [0.29, 0.717) is 11.7 Å². The SMILES string of the molecule is CC(C)Cc1cc(=O)[nH]c(-c2cccc3cccnc23)n1. The van der Waals surface area contributed by atoms with Gasteiger partial charge in [-0.2, -0.15) is 0 Å². The summed E-state index contributed by atoms with van der Waals surface area (Å²) in [5.41, 5.74) is 2.40. The van der Waals surface area contributed by atoms with Crippen molar-refractivity contribution in [3.8, 4) is 11.4 Å². The number of aromatic nitrogens is 3. The molecule has 4 nitrogen and oxygen atoms in total. The molecule has 0 atom stereocenters. The summed E-state index contributed by atoms with van der Waals surface area (Å²) in [5, 5.41) is 1.03. The highest BCUT2D eigenvalue weighted by Gasteiger charge is 2.09. The molecule has 21 heavy (non-hydrogen) atoms. The van der Waals surface area contributed by atoms with Gasteiger partial charge in [-0.25, -0.2) is 4.98 Å². The van der Waals surface area contributed by atoms with Gasteiger partial charge in [-0.1, -0.05) is 32.0 Å². The van der Waals surface area contributed by atoms with Gasteiger partial charge in [0, 0.05) is 28.9 Å². The normalized spacial score (nSPS) is 11.2. The summed E-state index contributed by atoms with van der Waals surface area (Å²) in [4.78, 5) is 23.7. The van der Waals surface area contributed by atoms with Crippen LogP contribution >= 0.6 is 0 Å². The molecule has 1 N–H and O–H groups in total. The van der Waals surface area contributed by atoms with E-state index in [2.05, 4.69) is 28.8 Å². The van der Waals surface area contributed by atoms with Crippen LogP contribution in [-0.2, 0) is 6.42 Å². The number of hydrogen-bond donors (Lipinski definition) is 1. The fourth-order valence-electron chi connectivity index (χ4n) is 2.45. The van der Waals surface area contributed by atoms with Crippen LogP contribution in [-0.4, -0.2) is 15.0 Å². The fourth-order valence-corrected chi connectivity index (χ4v) is 2.45. The summed E-state index contributed by atoms with van der Waals surface area (Å²) in [6, 6.07) is 11.4. The maximum atomic E-state index is 11.9. The number of nitrogens with one attached hydrogen (secondary N) is 1. The van der Waals surface area contributed by atoms with Gasteiger partial charge >= 0.3 is 0 Å². The molecule has 4 heteroatoms. The number of nitrogens with zero attached hydrogens (tertiary/aromatic N) is 2. The molecule has 0 saturated heterocycles. The van der Waals surface area contributed by atoms with Crippen LogP contribution in [0.1, 0.15) is 19.5 Å². The Kier molecular flexibility index (Phi) is 3.52. The van der Waals surface area contributed by atoms with E-state index >= 15 is 0 Å². The van der Waals surface area contributed by atoms with Crippen molar-refractivity contribution in [1.82, 2.24) is 15.0 Å². The van der Waals surface area contributed by atoms with Gasteiger partial charge in [0.2, 0.25) is 0 Å². The second kappa shape index (κ2) is 5.48. The molecule has 106 valence electrons. The molecule has 0 fully saturated rings. The van der Waals surface area contributed by atoms with E-state index < -0.39 is 0 Å². The molecule has 0 aliphatic rings. The van der Waals surface area contributed by atoms with Crippen LogP contribution in [0.15, 0.2) is 47.4 Å². The molecule has 1 aromatic carbocycles. The molecule has 0 saturated carbocycles. The minimum absolute atomic E-state index is 0.122. The molecule has 3 rings (SSSR count). The second-order valence-electron chi connectivity index (χ2n) is 5.56. The molecule has 2 aromatic heterocycles. The first-order valence-electron chi connectivity index (χ1n) is 7.08. The molecule has 0 bridgehead atoms. The molecule has 0 radical (unpaired) electrons.